The first-order valence-corrected chi connectivity index (χ1v) is 5.81. The summed E-state index contributed by atoms with van der Waals surface area (Å²) < 4.78 is 0. The maximum atomic E-state index is 9.88. The summed E-state index contributed by atoms with van der Waals surface area (Å²) in [6.07, 6.45) is 0. The van der Waals surface area contributed by atoms with E-state index in [1.165, 1.54) is 0 Å². The number of hydrogen-bond donors (Lipinski definition) is 3. The van der Waals surface area contributed by atoms with Gasteiger partial charge < -0.3 is 0 Å². The molecule has 0 spiro atoms. The smallest absolute Gasteiger partial charge is 0.0623 e. The van der Waals surface area contributed by atoms with Crippen molar-refractivity contribution < 1.29 is 43.9 Å². The van der Waals surface area contributed by atoms with Crippen LogP contribution in [0.4, 0.5) is 14.4 Å². The predicted molar refractivity (Wildman–Crippen MR) is 50.5 cm³/mol. The van der Waals surface area contributed by atoms with Crippen molar-refractivity contribution in [2.24, 2.45) is 0 Å². The Kier molecular flexibility index (Phi) is 6.60. The van der Waals surface area contributed by atoms with E-state index < -0.39 is 28.6 Å². The van der Waals surface area contributed by atoms with Crippen molar-refractivity contribution in [2.75, 3.05) is 0 Å². The van der Waals surface area contributed by atoms with Crippen molar-refractivity contribution in [1.82, 2.24) is 0 Å². The van der Waals surface area contributed by atoms with Crippen molar-refractivity contribution in [3.63, 3.8) is 0 Å². The van der Waals surface area contributed by atoms with Gasteiger partial charge in [0, 0.05) is 0 Å². The summed E-state index contributed by atoms with van der Waals surface area (Å²) in [6, 6.07) is 12.0. The summed E-state index contributed by atoms with van der Waals surface area (Å²) in [7, 11) is 0. The van der Waals surface area contributed by atoms with Crippen LogP contribution in [0.15, 0.2) is 36.4 Å². The summed E-state index contributed by atoms with van der Waals surface area (Å²) >= 11 is -3.57. The molecule has 0 bridgehead atoms. The van der Waals surface area contributed by atoms with Gasteiger partial charge in [-0.2, -0.15) is 0 Å². The molecule has 6 nitrogen and oxygen atoms in total. The molecule has 0 saturated heterocycles. The molecule has 1 rings (SSSR count). The molecule has 16 heavy (non-hydrogen) atoms. The second-order valence-corrected chi connectivity index (χ2v) is 4.85. The third-order valence-corrected chi connectivity index (χ3v) is 2.83. The fourth-order valence-electron chi connectivity index (χ4n) is 0.609. The predicted octanol–water partition coefficient (Wildman–Crippen LogP) is 2.33. The van der Waals surface area contributed by atoms with E-state index in [1.807, 2.05) is 36.4 Å². The monoisotopic (exact) mass is 265 g/mol. The minimum absolute atomic E-state index is 1.75. The van der Waals surface area contributed by atoms with E-state index in [0.717, 1.165) is 0 Å². The van der Waals surface area contributed by atoms with Crippen LogP contribution >= 0.6 is 0 Å². The zero-order valence-corrected chi connectivity index (χ0v) is 9.21. The third-order valence-electron chi connectivity index (χ3n) is 1.19. The zero-order chi connectivity index (χ0) is 12.6. The van der Waals surface area contributed by atoms with Crippen LogP contribution in [0.2, 0.25) is 0 Å². The largest absolute Gasteiger partial charge is 0.0623 e. The standard InChI is InChI=1S/C6H6.3CHO2.Cr/c1-2-4-6-5-3-1;3*2-1-3;/h1-6H;3*(H,2,3);. The van der Waals surface area contributed by atoms with Crippen LogP contribution in [0.1, 0.15) is 0 Å². The molecular weight excluding hydrogens is 256 g/mol. The molecule has 87 valence electrons. The average molecular weight is 265 g/mol. The molecule has 0 aliphatic heterocycles. The van der Waals surface area contributed by atoms with Crippen LogP contribution in [-0.4, -0.2) is 29.8 Å². The second kappa shape index (κ2) is 7.45. The van der Waals surface area contributed by atoms with Gasteiger partial charge in [-0.25, -0.2) is 0 Å². The number of carbonyl (C=O) groups is 3. The first-order valence-electron chi connectivity index (χ1n) is 3.90. The number of carboxylic acid groups (broad SMARTS) is 3. The molecule has 1 aromatic carbocycles. The maximum Gasteiger partial charge on any atom is -0.0623 e. The Bertz CT molecular complexity index is 304. The van der Waals surface area contributed by atoms with E-state index in [2.05, 4.69) is 0 Å². The van der Waals surface area contributed by atoms with E-state index >= 15 is 0 Å². The molecule has 0 fully saturated rings. The van der Waals surface area contributed by atoms with Gasteiger partial charge in [0.05, 0.1) is 0 Å². The topological polar surface area (TPSA) is 112 Å². The zero-order valence-electron chi connectivity index (χ0n) is 7.94. The Labute approximate surface area is 95.1 Å². The summed E-state index contributed by atoms with van der Waals surface area (Å²) in [5.41, 5.74) is 0. The molecule has 0 radical (unpaired) electrons. The Balaban J connectivity index is 0.000000315. The minimum atomic E-state index is -3.57. The minimum Gasteiger partial charge on any atom is -0.0623 e. The fourth-order valence-corrected chi connectivity index (χ4v) is 1.31. The van der Waals surface area contributed by atoms with Crippen molar-refractivity contribution >= 4 is 14.5 Å². The van der Waals surface area contributed by atoms with Crippen LogP contribution in [0, 0.1) is 0 Å². The van der Waals surface area contributed by atoms with Crippen LogP contribution in [0.25, 0.3) is 0 Å². The van der Waals surface area contributed by atoms with E-state index in [9.17, 15) is 14.4 Å². The molecule has 0 aromatic heterocycles. The van der Waals surface area contributed by atoms with E-state index in [1.54, 1.807) is 0 Å². The molecule has 0 aliphatic carbocycles. The van der Waals surface area contributed by atoms with E-state index in [0.29, 0.717) is 0 Å². The molecule has 0 saturated carbocycles. The summed E-state index contributed by atoms with van der Waals surface area (Å²) in [5, 5.41) is 24.0. The number of hydrogen-bond acceptors (Lipinski definition) is 3. The normalized spacial score (nSPS) is 8.81. The molecule has 1 aromatic rings. The van der Waals surface area contributed by atoms with Crippen LogP contribution in [0.5, 0.6) is 0 Å². The second-order valence-electron chi connectivity index (χ2n) is 2.26. The quantitative estimate of drug-likeness (QED) is 0.773. The van der Waals surface area contributed by atoms with Gasteiger partial charge in [0.1, 0.15) is 0 Å². The summed E-state index contributed by atoms with van der Waals surface area (Å²) in [5.74, 6) is 0. The van der Waals surface area contributed by atoms with Crippen LogP contribution in [-0.2, 0) is 14.1 Å². The molecule has 0 atom stereocenters. The van der Waals surface area contributed by atoms with Gasteiger partial charge in [-0.15, -0.1) is 0 Å². The van der Waals surface area contributed by atoms with Gasteiger partial charge in [0.25, 0.3) is 0 Å². The number of benzene rings is 1. The fraction of sp³-hybridized carbons (Fsp3) is 0. The van der Waals surface area contributed by atoms with Crippen LogP contribution in [0.3, 0.4) is 0 Å². The van der Waals surface area contributed by atoms with E-state index in [-0.39, 0.29) is 0 Å². The van der Waals surface area contributed by atoms with Gasteiger partial charge in [-0.3, -0.25) is 0 Å². The molecule has 0 aliphatic rings. The first kappa shape index (κ1) is 14.2. The van der Waals surface area contributed by atoms with Crippen molar-refractivity contribution in [3.05, 3.63) is 36.4 Å². The Morgan fingerprint density at radius 3 is 0.875 bits per heavy atom. The maximum absolute atomic E-state index is 9.88. The molecule has 3 N–H and O–H groups in total. The van der Waals surface area contributed by atoms with E-state index in [4.69, 9.17) is 15.3 Å². The summed E-state index contributed by atoms with van der Waals surface area (Å²) in [4.78, 5) is 24.4. The Morgan fingerprint density at radius 2 is 0.812 bits per heavy atom. The van der Waals surface area contributed by atoms with Crippen LogP contribution < -0.4 is 0 Å². The van der Waals surface area contributed by atoms with Gasteiger partial charge >= 0.3 is 58.3 Å². The third kappa shape index (κ3) is 5.80. The Morgan fingerprint density at radius 1 is 0.625 bits per heavy atom. The molecule has 0 heterocycles. The Hall–Kier alpha value is -1.84. The van der Waals surface area contributed by atoms with Gasteiger partial charge in [-0.1, -0.05) is 36.4 Å². The van der Waals surface area contributed by atoms with Crippen molar-refractivity contribution in [2.45, 2.75) is 0 Å². The molecule has 0 unspecified atom stereocenters. The first-order chi connectivity index (χ1) is 7.46. The number of rotatable bonds is 3. The van der Waals surface area contributed by atoms with Gasteiger partial charge in [0.2, 0.25) is 0 Å². The molecule has 7 heteroatoms. The molecule has 0 amide bonds. The van der Waals surface area contributed by atoms with Crippen molar-refractivity contribution in [1.29, 1.82) is 0 Å². The molecular formula is C9H9CrO6. The van der Waals surface area contributed by atoms with Gasteiger partial charge in [-0.05, 0) is 0 Å². The van der Waals surface area contributed by atoms with Gasteiger partial charge in [0.15, 0.2) is 0 Å². The SMILES string of the molecule is O=[C](O)[Cr]([C](=O)O)[C](=O)O.c1ccccc1. The van der Waals surface area contributed by atoms with Crippen molar-refractivity contribution in [3.8, 4) is 0 Å². The average Bonchev–Trinajstić information content (AvgIpc) is 2.19. The summed E-state index contributed by atoms with van der Waals surface area (Å²) in [6.45, 7) is 0.